The molecule has 0 radical (unpaired) electrons. The van der Waals surface area contributed by atoms with Gasteiger partial charge in [-0.2, -0.15) is 5.26 Å². The molecule has 1 amide bonds. The maximum atomic E-state index is 13.5. The largest absolute Gasteiger partial charge is 0.322 e. The van der Waals surface area contributed by atoms with Crippen LogP contribution in [0.5, 0.6) is 0 Å². The molecule has 2 aromatic rings. The second kappa shape index (κ2) is 5.49. The Morgan fingerprint density at radius 3 is 2.65 bits per heavy atom. The summed E-state index contributed by atoms with van der Waals surface area (Å²) in [4.78, 5) is 11.9. The molecule has 0 aliphatic carbocycles. The Morgan fingerprint density at radius 2 is 1.95 bits per heavy atom. The Kier molecular flexibility index (Phi) is 3.76. The zero-order valence-electron chi connectivity index (χ0n) is 10.6. The van der Waals surface area contributed by atoms with Gasteiger partial charge in [0.15, 0.2) is 0 Å². The third kappa shape index (κ3) is 2.81. The van der Waals surface area contributed by atoms with Crippen molar-refractivity contribution in [3.8, 4) is 6.07 Å². The predicted molar refractivity (Wildman–Crippen MR) is 70.2 cm³/mol. The van der Waals surface area contributed by atoms with E-state index in [0.29, 0.717) is 16.8 Å². The number of carbonyl (C=O) groups is 1. The Morgan fingerprint density at radius 1 is 1.20 bits per heavy atom. The maximum absolute atomic E-state index is 13.5. The van der Waals surface area contributed by atoms with Crippen molar-refractivity contribution in [3.05, 3.63) is 64.7 Å². The summed E-state index contributed by atoms with van der Waals surface area (Å²) in [6.07, 6.45) is 0. The smallest absolute Gasteiger partial charge is 0.258 e. The van der Waals surface area contributed by atoms with Crippen LogP contribution < -0.4 is 5.32 Å². The number of anilines is 1. The van der Waals surface area contributed by atoms with Gasteiger partial charge in [0.25, 0.3) is 5.91 Å². The molecule has 0 fully saturated rings. The van der Waals surface area contributed by atoms with Crippen molar-refractivity contribution in [2.75, 3.05) is 5.32 Å². The van der Waals surface area contributed by atoms with Crippen LogP contribution >= 0.6 is 0 Å². The van der Waals surface area contributed by atoms with Gasteiger partial charge in [0.2, 0.25) is 0 Å². The Labute approximate surface area is 114 Å². The summed E-state index contributed by atoms with van der Waals surface area (Å²) in [5.74, 6) is -2.27. The molecule has 0 unspecified atom stereocenters. The highest BCUT2D eigenvalue weighted by molar-refractivity contribution is 6.04. The summed E-state index contributed by atoms with van der Waals surface area (Å²) in [6, 6.07) is 9.34. The van der Waals surface area contributed by atoms with E-state index >= 15 is 0 Å². The van der Waals surface area contributed by atoms with Gasteiger partial charge >= 0.3 is 0 Å². The molecule has 2 rings (SSSR count). The molecule has 2 aromatic carbocycles. The average Bonchev–Trinajstić information content (AvgIpc) is 2.43. The first-order valence-electron chi connectivity index (χ1n) is 5.78. The molecule has 3 nitrogen and oxygen atoms in total. The fourth-order valence-corrected chi connectivity index (χ4v) is 1.69. The first kappa shape index (κ1) is 13.7. The first-order chi connectivity index (χ1) is 9.51. The number of amides is 1. The van der Waals surface area contributed by atoms with Crippen molar-refractivity contribution in [1.82, 2.24) is 0 Å². The highest BCUT2D eigenvalue weighted by Crippen LogP contribution is 2.18. The third-order valence-corrected chi connectivity index (χ3v) is 2.79. The summed E-state index contributed by atoms with van der Waals surface area (Å²) < 4.78 is 26.5. The van der Waals surface area contributed by atoms with Crippen molar-refractivity contribution in [1.29, 1.82) is 5.26 Å². The van der Waals surface area contributed by atoms with Crippen LogP contribution in [0, 0.1) is 29.9 Å². The second-order valence-electron chi connectivity index (χ2n) is 4.22. The van der Waals surface area contributed by atoms with Crippen molar-refractivity contribution in [3.63, 3.8) is 0 Å². The topological polar surface area (TPSA) is 52.9 Å². The van der Waals surface area contributed by atoms with E-state index in [-0.39, 0.29) is 5.56 Å². The number of nitrogens with zero attached hydrogens (tertiary/aromatic N) is 1. The van der Waals surface area contributed by atoms with Gasteiger partial charge in [0.1, 0.15) is 11.6 Å². The number of nitrogens with one attached hydrogen (secondary N) is 1. The molecule has 100 valence electrons. The summed E-state index contributed by atoms with van der Waals surface area (Å²) in [5.41, 5.74) is 1.09. The Balaban J connectivity index is 2.33. The van der Waals surface area contributed by atoms with Crippen molar-refractivity contribution >= 4 is 11.6 Å². The van der Waals surface area contributed by atoms with E-state index in [4.69, 9.17) is 5.26 Å². The number of rotatable bonds is 2. The van der Waals surface area contributed by atoms with Crippen molar-refractivity contribution < 1.29 is 13.6 Å². The van der Waals surface area contributed by atoms with Gasteiger partial charge in [-0.1, -0.05) is 6.07 Å². The Hall–Kier alpha value is -2.74. The van der Waals surface area contributed by atoms with E-state index in [9.17, 15) is 13.6 Å². The summed E-state index contributed by atoms with van der Waals surface area (Å²) in [6.45, 7) is 1.73. The number of nitriles is 1. The monoisotopic (exact) mass is 272 g/mol. The maximum Gasteiger partial charge on any atom is 0.258 e. The zero-order chi connectivity index (χ0) is 14.7. The van der Waals surface area contributed by atoms with Gasteiger partial charge in [0, 0.05) is 5.69 Å². The molecule has 5 heteroatoms. The molecule has 0 bridgehead atoms. The van der Waals surface area contributed by atoms with Crippen molar-refractivity contribution in [2.24, 2.45) is 0 Å². The highest BCUT2D eigenvalue weighted by atomic mass is 19.1. The van der Waals surface area contributed by atoms with Gasteiger partial charge in [-0.15, -0.1) is 0 Å². The van der Waals surface area contributed by atoms with Crippen LogP contribution in [0.4, 0.5) is 14.5 Å². The lowest BCUT2D eigenvalue weighted by atomic mass is 10.1. The van der Waals surface area contributed by atoms with Gasteiger partial charge in [-0.05, 0) is 42.8 Å². The molecule has 20 heavy (non-hydrogen) atoms. The molecule has 1 N–H and O–H groups in total. The SMILES string of the molecule is Cc1ccc(C#N)cc1NC(=O)c1cc(F)ccc1F. The predicted octanol–water partition coefficient (Wildman–Crippen LogP) is 3.40. The molecule has 0 aliphatic heterocycles. The number of aryl methyl sites for hydroxylation is 1. The van der Waals surface area contributed by atoms with Gasteiger partial charge < -0.3 is 5.32 Å². The number of hydrogen-bond acceptors (Lipinski definition) is 2. The molecular formula is C15H10F2N2O. The molecule has 0 atom stereocenters. The fraction of sp³-hybridized carbons (Fsp3) is 0.0667. The van der Waals surface area contributed by atoms with Crippen LogP contribution in [0.2, 0.25) is 0 Å². The van der Waals surface area contributed by atoms with Gasteiger partial charge in [-0.25, -0.2) is 8.78 Å². The lowest BCUT2D eigenvalue weighted by Gasteiger charge is -2.09. The first-order valence-corrected chi connectivity index (χ1v) is 5.78. The lowest BCUT2D eigenvalue weighted by molar-refractivity contribution is 0.102. The normalized spacial score (nSPS) is 9.90. The van der Waals surface area contributed by atoms with Crippen LogP contribution in [0.3, 0.4) is 0 Å². The van der Waals surface area contributed by atoms with E-state index in [1.54, 1.807) is 19.1 Å². The minimum atomic E-state index is -0.807. The minimum absolute atomic E-state index is 0.366. The Bertz CT molecular complexity index is 720. The minimum Gasteiger partial charge on any atom is -0.322 e. The van der Waals surface area contributed by atoms with E-state index in [2.05, 4.69) is 5.32 Å². The van der Waals surface area contributed by atoms with E-state index in [1.807, 2.05) is 6.07 Å². The highest BCUT2D eigenvalue weighted by Gasteiger charge is 2.14. The fourth-order valence-electron chi connectivity index (χ4n) is 1.69. The third-order valence-electron chi connectivity index (χ3n) is 2.79. The second-order valence-corrected chi connectivity index (χ2v) is 4.22. The standard InChI is InChI=1S/C15H10F2N2O/c1-9-2-3-10(8-18)6-14(9)19-15(20)12-7-11(16)4-5-13(12)17/h2-7H,1H3,(H,19,20). The molecule has 0 saturated heterocycles. The van der Waals surface area contributed by atoms with Gasteiger partial charge in [0.05, 0.1) is 17.2 Å². The number of halogens is 2. The van der Waals surface area contributed by atoms with Crippen molar-refractivity contribution in [2.45, 2.75) is 6.92 Å². The van der Waals surface area contributed by atoms with Crippen LogP contribution in [-0.4, -0.2) is 5.91 Å². The molecule has 0 saturated carbocycles. The van der Waals surface area contributed by atoms with E-state index < -0.39 is 17.5 Å². The molecular weight excluding hydrogens is 262 g/mol. The van der Waals surface area contributed by atoms with Crippen LogP contribution in [-0.2, 0) is 0 Å². The number of hydrogen-bond donors (Lipinski definition) is 1. The number of benzene rings is 2. The molecule has 0 aliphatic rings. The van der Waals surface area contributed by atoms with E-state index in [1.165, 1.54) is 6.07 Å². The molecule has 0 aromatic heterocycles. The van der Waals surface area contributed by atoms with Gasteiger partial charge in [-0.3, -0.25) is 4.79 Å². The molecule has 0 spiro atoms. The zero-order valence-corrected chi connectivity index (χ0v) is 10.6. The number of carbonyl (C=O) groups excluding carboxylic acids is 1. The summed E-state index contributed by atoms with van der Waals surface area (Å²) in [5, 5.41) is 11.3. The summed E-state index contributed by atoms with van der Waals surface area (Å²) >= 11 is 0. The van der Waals surface area contributed by atoms with Crippen LogP contribution in [0.15, 0.2) is 36.4 Å². The average molecular weight is 272 g/mol. The quantitative estimate of drug-likeness (QED) is 0.911. The lowest BCUT2D eigenvalue weighted by Crippen LogP contribution is -2.15. The van der Waals surface area contributed by atoms with Crippen LogP contribution in [0.25, 0.3) is 0 Å². The summed E-state index contributed by atoms with van der Waals surface area (Å²) in [7, 11) is 0. The van der Waals surface area contributed by atoms with E-state index in [0.717, 1.165) is 18.2 Å². The molecule has 0 heterocycles. The van der Waals surface area contributed by atoms with Crippen LogP contribution in [0.1, 0.15) is 21.5 Å².